The Kier molecular flexibility index (Phi) is 9.83. The van der Waals surface area contributed by atoms with Gasteiger partial charge in [0, 0.05) is 49.3 Å². The predicted octanol–water partition coefficient (Wildman–Crippen LogP) is 4.73. The van der Waals surface area contributed by atoms with Gasteiger partial charge in [0.2, 0.25) is 0 Å². The van der Waals surface area contributed by atoms with Crippen LogP contribution in [0.15, 0.2) is 48.5 Å². The maximum Gasteiger partial charge on any atom is 0.254 e. The lowest BCUT2D eigenvalue weighted by Gasteiger charge is -2.42. The molecule has 3 heterocycles. The summed E-state index contributed by atoms with van der Waals surface area (Å²) in [4.78, 5) is 32.7. The number of piperidine rings is 1. The summed E-state index contributed by atoms with van der Waals surface area (Å²) in [5.41, 5.74) is 1.32. The molecule has 222 valence electrons. The highest BCUT2D eigenvalue weighted by Gasteiger charge is 2.37. The molecule has 2 bridgehead atoms. The van der Waals surface area contributed by atoms with Crippen molar-refractivity contribution in [1.82, 2.24) is 14.7 Å². The van der Waals surface area contributed by atoms with E-state index in [1.165, 1.54) is 0 Å². The number of rotatable bonds is 5. The third-order valence-electron chi connectivity index (χ3n) is 8.82. The van der Waals surface area contributed by atoms with Gasteiger partial charge in [-0.1, -0.05) is 18.6 Å². The van der Waals surface area contributed by atoms with Crippen LogP contribution in [0.4, 0.5) is 0 Å². The van der Waals surface area contributed by atoms with Gasteiger partial charge in [-0.05, 0) is 89.0 Å². The first-order valence-electron chi connectivity index (χ1n) is 15.2. The first-order valence-corrected chi connectivity index (χ1v) is 15.2. The molecule has 2 aromatic rings. The molecule has 0 unspecified atom stereocenters. The standard InChI is InChI=1S/C33H45N3O5/c1-34(2)19-21-40-29-11-5-8-26(22-29)31(37)35-17-14-33(15-18-35)13-3-4-20-39-24-28-10-7-16-36(28)32(38)27-9-6-12-30(23-27)41-25-33/h5-6,8-9,11-12,22-23,28H,3-4,7,10,13-21,24-25H2,1-2H3/t28-/m0/s1. The molecule has 2 saturated heterocycles. The van der Waals surface area contributed by atoms with Crippen LogP contribution >= 0.6 is 0 Å². The van der Waals surface area contributed by atoms with E-state index in [4.69, 9.17) is 14.2 Å². The molecule has 3 aliphatic rings. The summed E-state index contributed by atoms with van der Waals surface area (Å²) in [5, 5.41) is 0. The van der Waals surface area contributed by atoms with Gasteiger partial charge in [-0.25, -0.2) is 0 Å². The second-order valence-electron chi connectivity index (χ2n) is 12.1. The average Bonchev–Trinajstić information content (AvgIpc) is 3.46. The number of carbonyl (C=O) groups excluding carboxylic acids is 2. The Labute approximate surface area is 244 Å². The number of likely N-dealkylation sites (tertiary alicyclic amines) is 1. The van der Waals surface area contributed by atoms with Crippen LogP contribution in [0.5, 0.6) is 11.5 Å². The number of amides is 2. The molecule has 0 aliphatic carbocycles. The number of nitrogens with zero attached hydrogens (tertiary/aromatic N) is 3. The summed E-state index contributed by atoms with van der Waals surface area (Å²) in [7, 11) is 4.02. The highest BCUT2D eigenvalue weighted by atomic mass is 16.5. The van der Waals surface area contributed by atoms with Crippen molar-refractivity contribution in [2.24, 2.45) is 5.41 Å². The third-order valence-corrected chi connectivity index (χ3v) is 8.82. The predicted molar refractivity (Wildman–Crippen MR) is 159 cm³/mol. The Bertz CT molecular complexity index is 1180. The van der Waals surface area contributed by atoms with Crippen molar-refractivity contribution in [3.05, 3.63) is 59.7 Å². The molecule has 3 aliphatic heterocycles. The van der Waals surface area contributed by atoms with Gasteiger partial charge in [-0.2, -0.15) is 0 Å². The van der Waals surface area contributed by atoms with Gasteiger partial charge in [0.15, 0.2) is 0 Å². The van der Waals surface area contributed by atoms with Crippen molar-refractivity contribution < 1.29 is 23.8 Å². The number of benzene rings is 2. The molecular formula is C33H45N3O5. The molecule has 5 rings (SSSR count). The Hall–Kier alpha value is -3.10. The van der Waals surface area contributed by atoms with Gasteiger partial charge in [-0.3, -0.25) is 9.59 Å². The van der Waals surface area contributed by atoms with Crippen LogP contribution in [0.3, 0.4) is 0 Å². The minimum absolute atomic E-state index is 0.0197. The van der Waals surface area contributed by atoms with Crippen LogP contribution in [0.2, 0.25) is 0 Å². The lowest BCUT2D eigenvalue weighted by molar-refractivity contribution is 0.0332. The zero-order chi connectivity index (χ0) is 28.7. The minimum atomic E-state index is -0.0197. The summed E-state index contributed by atoms with van der Waals surface area (Å²) < 4.78 is 18.3. The van der Waals surface area contributed by atoms with Gasteiger partial charge >= 0.3 is 0 Å². The van der Waals surface area contributed by atoms with Crippen LogP contribution in [-0.4, -0.2) is 99.3 Å². The van der Waals surface area contributed by atoms with Gasteiger partial charge < -0.3 is 28.9 Å². The molecule has 1 atom stereocenters. The van der Waals surface area contributed by atoms with Crippen LogP contribution < -0.4 is 9.47 Å². The molecular weight excluding hydrogens is 518 g/mol. The maximum atomic E-state index is 13.4. The van der Waals surface area contributed by atoms with Crippen molar-refractivity contribution in [2.45, 2.75) is 51.0 Å². The van der Waals surface area contributed by atoms with Crippen molar-refractivity contribution >= 4 is 11.8 Å². The van der Waals surface area contributed by atoms with Crippen LogP contribution in [0.25, 0.3) is 0 Å². The molecule has 1 spiro atoms. The van der Waals surface area contributed by atoms with Crippen molar-refractivity contribution in [1.29, 1.82) is 0 Å². The normalized spacial score (nSPS) is 21.6. The first-order chi connectivity index (χ1) is 19.9. The van der Waals surface area contributed by atoms with Crippen molar-refractivity contribution in [2.75, 3.05) is 66.7 Å². The van der Waals surface area contributed by atoms with E-state index in [0.717, 1.165) is 69.5 Å². The summed E-state index contributed by atoms with van der Waals surface area (Å²) in [6.45, 7) is 5.46. The fraction of sp³-hybridized carbons (Fsp3) is 0.576. The fourth-order valence-electron chi connectivity index (χ4n) is 6.22. The van der Waals surface area contributed by atoms with E-state index in [0.29, 0.717) is 50.6 Å². The highest BCUT2D eigenvalue weighted by molar-refractivity contribution is 5.95. The summed E-state index contributed by atoms with van der Waals surface area (Å²) in [5.74, 6) is 1.58. The maximum absolute atomic E-state index is 13.4. The number of fused-ring (bicyclic) bond motifs is 3. The van der Waals surface area contributed by atoms with Crippen LogP contribution in [-0.2, 0) is 4.74 Å². The molecule has 0 saturated carbocycles. The van der Waals surface area contributed by atoms with Crippen molar-refractivity contribution in [3.63, 3.8) is 0 Å². The SMILES string of the molecule is CN(C)CCOc1cccc(C(=O)N2CCC3(CCCCOC[C@@H]4CCCN4C(=O)c4cccc(c4)OC3)CC2)c1. The van der Waals surface area contributed by atoms with Crippen LogP contribution in [0.1, 0.15) is 65.7 Å². The largest absolute Gasteiger partial charge is 0.493 e. The molecule has 2 fully saturated rings. The fourth-order valence-corrected chi connectivity index (χ4v) is 6.22. The molecule has 0 N–H and O–H groups in total. The lowest BCUT2D eigenvalue weighted by atomic mass is 9.75. The molecule has 0 radical (unpaired) electrons. The quantitative estimate of drug-likeness (QED) is 0.524. The summed E-state index contributed by atoms with van der Waals surface area (Å²) >= 11 is 0. The van der Waals surface area contributed by atoms with Gasteiger partial charge in [0.05, 0.1) is 19.3 Å². The molecule has 8 nitrogen and oxygen atoms in total. The van der Waals surface area contributed by atoms with E-state index in [1.807, 2.05) is 72.4 Å². The Morgan fingerprint density at radius 1 is 1.02 bits per heavy atom. The number of carbonyl (C=O) groups is 2. The minimum Gasteiger partial charge on any atom is -0.493 e. The monoisotopic (exact) mass is 563 g/mol. The highest BCUT2D eigenvalue weighted by Crippen LogP contribution is 2.38. The second kappa shape index (κ2) is 13.7. The zero-order valence-corrected chi connectivity index (χ0v) is 24.7. The molecule has 8 heteroatoms. The smallest absolute Gasteiger partial charge is 0.254 e. The summed E-state index contributed by atoms with van der Waals surface area (Å²) in [6, 6.07) is 15.3. The van der Waals surface area contributed by atoms with E-state index in [1.54, 1.807) is 0 Å². The number of hydrogen-bond acceptors (Lipinski definition) is 6. The number of hydrogen-bond donors (Lipinski definition) is 0. The van der Waals surface area contributed by atoms with Crippen LogP contribution in [0, 0.1) is 5.41 Å². The first kappa shape index (κ1) is 29.4. The zero-order valence-electron chi connectivity index (χ0n) is 24.7. The second-order valence-corrected chi connectivity index (χ2v) is 12.1. The van der Waals surface area contributed by atoms with Gasteiger partial charge in [0.25, 0.3) is 11.8 Å². The Morgan fingerprint density at radius 3 is 2.68 bits per heavy atom. The molecule has 2 aromatic carbocycles. The molecule has 2 amide bonds. The van der Waals surface area contributed by atoms with Gasteiger partial charge in [0.1, 0.15) is 18.1 Å². The third kappa shape index (κ3) is 7.60. The topological polar surface area (TPSA) is 71.6 Å². The number of ether oxygens (including phenoxy) is 3. The van der Waals surface area contributed by atoms with E-state index in [-0.39, 0.29) is 23.3 Å². The Morgan fingerprint density at radius 2 is 1.85 bits per heavy atom. The van der Waals surface area contributed by atoms with E-state index in [2.05, 4.69) is 4.90 Å². The molecule has 0 aromatic heterocycles. The Balaban J connectivity index is 1.24. The molecule has 41 heavy (non-hydrogen) atoms. The van der Waals surface area contributed by atoms with E-state index >= 15 is 0 Å². The van der Waals surface area contributed by atoms with Gasteiger partial charge in [-0.15, -0.1) is 0 Å². The van der Waals surface area contributed by atoms with Crippen molar-refractivity contribution in [3.8, 4) is 11.5 Å². The summed E-state index contributed by atoms with van der Waals surface area (Å²) in [6.07, 6.45) is 6.85. The average molecular weight is 564 g/mol. The number of likely N-dealkylation sites (N-methyl/N-ethyl adjacent to an activating group) is 1. The lowest BCUT2D eigenvalue weighted by Crippen LogP contribution is -2.45. The van der Waals surface area contributed by atoms with E-state index < -0.39 is 0 Å². The van der Waals surface area contributed by atoms with E-state index in [9.17, 15) is 9.59 Å².